The highest BCUT2D eigenvalue weighted by atomic mass is 32.1. The first-order valence-corrected chi connectivity index (χ1v) is 9.55. The van der Waals surface area contributed by atoms with E-state index < -0.39 is 0 Å². The Labute approximate surface area is 155 Å². The summed E-state index contributed by atoms with van der Waals surface area (Å²) in [5, 5.41) is 9.76. The monoisotopic (exact) mass is 368 g/mol. The topological polar surface area (TPSA) is 79.9 Å². The van der Waals surface area contributed by atoms with Gasteiger partial charge in [-0.05, 0) is 49.4 Å². The Bertz CT molecular complexity index is 908. The van der Waals surface area contributed by atoms with Gasteiger partial charge in [0.05, 0.1) is 17.6 Å². The summed E-state index contributed by atoms with van der Waals surface area (Å²) in [4.78, 5) is 19.0. The van der Waals surface area contributed by atoms with Gasteiger partial charge in [0.25, 0.3) is 5.91 Å². The summed E-state index contributed by atoms with van der Waals surface area (Å²) < 4.78 is 5.34. The van der Waals surface area contributed by atoms with Gasteiger partial charge >= 0.3 is 0 Å². The predicted molar refractivity (Wildman–Crippen MR) is 102 cm³/mol. The first-order chi connectivity index (χ1) is 12.7. The number of aromatic nitrogens is 3. The lowest BCUT2D eigenvalue weighted by atomic mass is 10.1. The molecule has 0 atom stereocenters. The molecule has 6 nitrogen and oxygen atoms in total. The molecule has 4 rings (SSSR count). The lowest BCUT2D eigenvalue weighted by molar-refractivity contribution is 0.102. The Morgan fingerprint density at radius 3 is 2.96 bits per heavy atom. The van der Waals surface area contributed by atoms with E-state index in [0.29, 0.717) is 11.6 Å². The molecule has 7 heteroatoms. The minimum atomic E-state index is -0.159. The van der Waals surface area contributed by atoms with Gasteiger partial charge in [-0.1, -0.05) is 18.6 Å². The first-order valence-electron chi connectivity index (χ1n) is 8.73. The SMILES string of the molecule is COc1ccccc1-c1nc(NC(=O)c2cc3c(s2)CCCCC3)n[nH]1. The minimum absolute atomic E-state index is 0.159. The summed E-state index contributed by atoms with van der Waals surface area (Å²) in [6.07, 6.45) is 5.82. The van der Waals surface area contributed by atoms with Gasteiger partial charge in [0.15, 0.2) is 5.82 Å². The molecule has 1 aromatic carbocycles. The molecular weight excluding hydrogens is 348 g/mol. The third-order valence-corrected chi connectivity index (χ3v) is 5.78. The van der Waals surface area contributed by atoms with Crippen LogP contribution in [0.2, 0.25) is 0 Å². The molecule has 0 spiro atoms. The lowest BCUT2D eigenvalue weighted by Gasteiger charge is -2.04. The number of aryl methyl sites for hydroxylation is 2. The van der Waals surface area contributed by atoms with Crippen LogP contribution in [0.3, 0.4) is 0 Å². The fourth-order valence-corrected chi connectivity index (χ4v) is 4.37. The van der Waals surface area contributed by atoms with Crippen LogP contribution in [0.1, 0.15) is 39.4 Å². The summed E-state index contributed by atoms with van der Waals surface area (Å²) in [5.41, 5.74) is 2.12. The first kappa shape index (κ1) is 16.8. The molecule has 0 saturated carbocycles. The van der Waals surface area contributed by atoms with Gasteiger partial charge < -0.3 is 4.74 Å². The Hall–Kier alpha value is -2.67. The van der Waals surface area contributed by atoms with Crippen molar-refractivity contribution in [3.05, 3.63) is 45.6 Å². The number of nitrogens with zero attached hydrogens (tertiary/aromatic N) is 2. The van der Waals surface area contributed by atoms with Crippen molar-refractivity contribution in [1.29, 1.82) is 0 Å². The van der Waals surface area contributed by atoms with Gasteiger partial charge in [-0.3, -0.25) is 15.2 Å². The summed E-state index contributed by atoms with van der Waals surface area (Å²) in [7, 11) is 1.61. The largest absolute Gasteiger partial charge is 0.496 e. The van der Waals surface area contributed by atoms with E-state index in [1.165, 1.54) is 29.7 Å². The van der Waals surface area contributed by atoms with Crippen molar-refractivity contribution in [2.75, 3.05) is 12.4 Å². The van der Waals surface area contributed by atoms with Crippen LogP contribution in [-0.2, 0) is 12.8 Å². The number of thiophene rings is 1. The van der Waals surface area contributed by atoms with Gasteiger partial charge in [0.2, 0.25) is 5.95 Å². The molecule has 3 aromatic rings. The highest BCUT2D eigenvalue weighted by Crippen LogP contribution is 2.30. The van der Waals surface area contributed by atoms with Crippen LogP contribution in [-0.4, -0.2) is 28.2 Å². The van der Waals surface area contributed by atoms with Crippen LogP contribution in [0.5, 0.6) is 5.75 Å². The van der Waals surface area contributed by atoms with E-state index >= 15 is 0 Å². The number of hydrogen-bond donors (Lipinski definition) is 2. The number of nitrogens with one attached hydrogen (secondary N) is 2. The molecule has 2 N–H and O–H groups in total. The number of para-hydroxylation sites is 1. The fourth-order valence-electron chi connectivity index (χ4n) is 3.22. The van der Waals surface area contributed by atoms with Crippen molar-refractivity contribution < 1.29 is 9.53 Å². The molecule has 26 heavy (non-hydrogen) atoms. The van der Waals surface area contributed by atoms with Crippen LogP contribution in [0, 0.1) is 0 Å². The highest BCUT2D eigenvalue weighted by Gasteiger charge is 2.18. The summed E-state index contributed by atoms with van der Waals surface area (Å²) in [6, 6.07) is 9.56. The number of aromatic amines is 1. The molecule has 2 heterocycles. The highest BCUT2D eigenvalue weighted by molar-refractivity contribution is 7.14. The molecule has 1 amide bonds. The predicted octanol–water partition coefficient (Wildman–Crippen LogP) is 4.06. The summed E-state index contributed by atoms with van der Waals surface area (Å²) in [5.74, 6) is 1.36. The van der Waals surface area contributed by atoms with E-state index in [9.17, 15) is 4.79 Å². The molecule has 0 radical (unpaired) electrons. The Kier molecular flexibility index (Phi) is 4.71. The van der Waals surface area contributed by atoms with Crippen LogP contribution in [0.25, 0.3) is 11.4 Å². The number of benzene rings is 1. The van der Waals surface area contributed by atoms with Crippen LogP contribution >= 0.6 is 11.3 Å². The zero-order chi connectivity index (χ0) is 17.9. The van der Waals surface area contributed by atoms with Crippen molar-refractivity contribution >= 4 is 23.2 Å². The maximum Gasteiger partial charge on any atom is 0.268 e. The number of carbonyl (C=O) groups excluding carboxylic acids is 1. The second-order valence-electron chi connectivity index (χ2n) is 6.28. The molecule has 134 valence electrons. The maximum atomic E-state index is 12.6. The van der Waals surface area contributed by atoms with Gasteiger partial charge in [0.1, 0.15) is 5.75 Å². The molecule has 0 fully saturated rings. The number of fused-ring (bicyclic) bond motifs is 1. The number of amides is 1. The molecule has 0 unspecified atom stereocenters. The second-order valence-corrected chi connectivity index (χ2v) is 7.42. The second kappa shape index (κ2) is 7.29. The number of H-pyrrole nitrogens is 1. The Morgan fingerprint density at radius 2 is 2.08 bits per heavy atom. The third kappa shape index (κ3) is 3.35. The average Bonchev–Trinajstić information content (AvgIpc) is 3.23. The molecule has 1 aliphatic rings. The van der Waals surface area contributed by atoms with E-state index in [0.717, 1.165) is 23.3 Å². The van der Waals surface area contributed by atoms with E-state index in [4.69, 9.17) is 4.74 Å². The quantitative estimate of drug-likeness (QED) is 0.681. The fraction of sp³-hybridized carbons (Fsp3) is 0.316. The van der Waals surface area contributed by atoms with Crippen molar-refractivity contribution in [1.82, 2.24) is 15.2 Å². The number of hydrogen-bond acceptors (Lipinski definition) is 5. The maximum absolute atomic E-state index is 12.6. The van der Waals surface area contributed by atoms with Gasteiger partial charge in [0, 0.05) is 4.88 Å². The zero-order valence-electron chi connectivity index (χ0n) is 14.5. The smallest absolute Gasteiger partial charge is 0.268 e. The van der Waals surface area contributed by atoms with Crippen LogP contribution in [0.15, 0.2) is 30.3 Å². The normalized spacial score (nSPS) is 13.7. The van der Waals surface area contributed by atoms with Gasteiger partial charge in [-0.25, -0.2) is 0 Å². The Balaban J connectivity index is 1.51. The van der Waals surface area contributed by atoms with E-state index in [2.05, 4.69) is 20.5 Å². The van der Waals surface area contributed by atoms with Gasteiger partial charge in [-0.2, -0.15) is 4.98 Å². The lowest BCUT2D eigenvalue weighted by Crippen LogP contribution is -2.11. The molecule has 0 saturated heterocycles. The van der Waals surface area contributed by atoms with E-state index in [1.807, 2.05) is 30.3 Å². The van der Waals surface area contributed by atoms with Crippen LogP contribution in [0.4, 0.5) is 5.95 Å². The van der Waals surface area contributed by atoms with Crippen LogP contribution < -0.4 is 10.1 Å². The number of carbonyl (C=O) groups is 1. The molecule has 0 aliphatic heterocycles. The number of anilines is 1. The van der Waals surface area contributed by atoms with Gasteiger partial charge in [-0.15, -0.1) is 16.4 Å². The van der Waals surface area contributed by atoms with Crippen molar-refractivity contribution in [3.63, 3.8) is 0 Å². The van der Waals surface area contributed by atoms with Crippen molar-refractivity contribution in [2.45, 2.75) is 32.1 Å². The molecule has 2 aromatic heterocycles. The number of rotatable bonds is 4. The summed E-state index contributed by atoms with van der Waals surface area (Å²) >= 11 is 1.59. The summed E-state index contributed by atoms with van der Waals surface area (Å²) in [6.45, 7) is 0. The van der Waals surface area contributed by atoms with E-state index in [-0.39, 0.29) is 11.9 Å². The van der Waals surface area contributed by atoms with Crippen molar-refractivity contribution in [2.24, 2.45) is 0 Å². The number of ether oxygens (including phenoxy) is 1. The molecular formula is C19H20N4O2S. The standard InChI is InChI=1S/C19H20N4O2S/c1-25-14-9-6-5-8-13(14)17-20-19(23-22-17)21-18(24)16-11-12-7-3-2-4-10-15(12)26-16/h5-6,8-9,11H,2-4,7,10H2,1H3,(H2,20,21,22,23,24). The average molecular weight is 368 g/mol. The zero-order valence-corrected chi connectivity index (χ0v) is 15.4. The van der Waals surface area contributed by atoms with E-state index in [1.54, 1.807) is 18.4 Å². The minimum Gasteiger partial charge on any atom is -0.496 e. The molecule has 0 bridgehead atoms. The third-order valence-electron chi connectivity index (χ3n) is 4.54. The molecule has 1 aliphatic carbocycles. The number of methoxy groups -OCH3 is 1. The van der Waals surface area contributed by atoms with Crippen molar-refractivity contribution in [3.8, 4) is 17.1 Å². The Morgan fingerprint density at radius 1 is 1.23 bits per heavy atom.